The number of rotatable bonds is 7. The molecular weight excluding hydrogens is 392 g/mol. The van der Waals surface area contributed by atoms with E-state index in [4.69, 9.17) is 21.1 Å². The van der Waals surface area contributed by atoms with Crippen LogP contribution >= 0.6 is 0 Å². The van der Waals surface area contributed by atoms with Gasteiger partial charge < -0.3 is 20.3 Å². The molecule has 0 saturated heterocycles. The van der Waals surface area contributed by atoms with E-state index in [-0.39, 0.29) is 11.6 Å². The van der Waals surface area contributed by atoms with E-state index in [1.54, 1.807) is 0 Å². The van der Waals surface area contributed by atoms with Crippen molar-refractivity contribution in [2.75, 3.05) is 6.61 Å². The summed E-state index contributed by atoms with van der Waals surface area (Å²) < 4.78 is 12.4. The highest BCUT2D eigenvalue weighted by atomic mass is 16.5. The Labute approximate surface area is 184 Å². The van der Waals surface area contributed by atoms with Crippen LogP contribution in [0.2, 0.25) is 0 Å². The minimum atomic E-state index is -0.271. The summed E-state index contributed by atoms with van der Waals surface area (Å²) in [6.07, 6.45) is 2.62. The third kappa shape index (κ3) is 5.29. The fraction of sp³-hybridized carbons (Fsp3) is 0.458. The van der Waals surface area contributed by atoms with E-state index in [0.29, 0.717) is 25.5 Å². The summed E-state index contributed by atoms with van der Waals surface area (Å²) in [4.78, 5) is 4.11. The van der Waals surface area contributed by atoms with Gasteiger partial charge in [-0.3, -0.25) is 5.43 Å². The minimum absolute atomic E-state index is 0.214. The molecule has 0 saturated carbocycles. The van der Waals surface area contributed by atoms with Crippen LogP contribution in [0.4, 0.5) is 0 Å². The van der Waals surface area contributed by atoms with Gasteiger partial charge in [-0.1, -0.05) is 24.3 Å². The van der Waals surface area contributed by atoms with Crippen LogP contribution in [-0.4, -0.2) is 23.3 Å². The molecule has 3 rings (SSSR count). The Kier molecular flexibility index (Phi) is 7.08. The zero-order valence-corrected chi connectivity index (χ0v) is 18.9. The molecule has 7 heteroatoms. The molecule has 0 aromatic heterocycles. The first-order valence-corrected chi connectivity index (χ1v) is 10.7. The molecule has 2 aromatic carbocycles. The Morgan fingerprint density at radius 3 is 2.52 bits per heavy atom. The summed E-state index contributed by atoms with van der Waals surface area (Å²) in [6, 6.07) is 8.09. The topological polar surface area (TPSA) is 115 Å². The molecule has 0 radical (unpaired) electrons. The van der Waals surface area contributed by atoms with Crippen molar-refractivity contribution in [2.45, 2.75) is 65.7 Å². The Morgan fingerprint density at radius 1 is 1.16 bits per heavy atom. The maximum atomic E-state index is 10.3. The highest BCUT2D eigenvalue weighted by Crippen LogP contribution is 2.44. The number of nitrogens with one attached hydrogen (secondary N) is 1. The molecule has 0 amide bonds. The minimum Gasteiger partial charge on any atom is -0.507 e. The second-order valence-corrected chi connectivity index (χ2v) is 8.55. The van der Waals surface area contributed by atoms with E-state index in [0.717, 1.165) is 58.4 Å². The van der Waals surface area contributed by atoms with Crippen LogP contribution in [0.3, 0.4) is 0 Å². The molecule has 1 unspecified atom stereocenters. The molecule has 31 heavy (non-hydrogen) atoms. The lowest BCUT2D eigenvalue weighted by Crippen LogP contribution is -2.38. The molecule has 0 spiro atoms. The Hall–Kier alpha value is -2.77. The first-order chi connectivity index (χ1) is 14.7. The quantitative estimate of drug-likeness (QED) is 0.178. The van der Waals surface area contributed by atoms with Crippen molar-refractivity contribution < 1.29 is 14.6 Å². The summed E-state index contributed by atoms with van der Waals surface area (Å²) in [6.45, 7) is 9.72. The zero-order chi connectivity index (χ0) is 22.6. The highest BCUT2D eigenvalue weighted by molar-refractivity contribution is 5.77. The number of hydrazine groups is 1. The van der Waals surface area contributed by atoms with Gasteiger partial charge in [0.25, 0.3) is 0 Å². The number of hydrogen-bond acceptors (Lipinski definition) is 5. The van der Waals surface area contributed by atoms with Gasteiger partial charge in [0.15, 0.2) is 0 Å². The molecule has 1 heterocycles. The van der Waals surface area contributed by atoms with Crippen molar-refractivity contribution in [3.8, 4) is 11.5 Å². The maximum absolute atomic E-state index is 10.3. The lowest BCUT2D eigenvalue weighted by atomic mass is 9.86. The van der Waals surface area contributed by atoms with E-state index in [2.05, 4.69) is 17.3 Å². The lowest BCUT2D eigenvalue weighted by molar-refractivity contribution is 0.0144. The maximum Gasteiger partial charge on any atom is 0.203 e. The molecule has 1 aliphatic heterocycles. The van der Waals surface area contributed by atoms with Gasteiger partial charge in [0.05, 0.1) is 19.8 Å². The van der Waals surface area contributed by atoms with Gasteiger partial charge in [-0.05, 0) is 68.4 Å². The number of hydrogen-bond donors (Lipinski definition) is 4. The lowest BCUT2D eigenvalue weighted by Gasteiger charge is -2.38. The Bertz CT molecular complexity index is 957. The van der Waals surface area contributed by atoms with Gasteiger partial charge in [-0.2, -0.15) is 0 Å². The average molecular weight is 427 g/mol. The summed E-state index contributed by atoms with van der Waals surface area (Å²) in [5.41, 5.74) is 13.7. The van der Waals surface area contributed by atoms with Gasteiger partial charge in [-0.25, -0.2) is 10.8 Å². The molecular formula is C24H34N4O3. The van der Waals surface area contributed by atoms with Crippen molar-refractivity contribution >= 4 is 5.96 Å². The molecule has 1 atom stereocenters. The van der Waals surface area contributed by atoms with Crippen LogP contribution < -0.4 is 21.7 Å². The zero-order valence-electron chi connectivity index (χ0n) is 18.9. The van der Waals surface area contributed by atoms with Crippen LogP contribution in [0.5, 0.6) is 11.5 Å². The molecule has 168 valence electrons. The van der Waals surface area contributed by atoms with E-state index >= 15 is 0 Å². The van der Waals surface area contributed by atoms with Crippen LogP contribution in [0, 0.1) is 20.8 Å². The Balaban J connectivity index is 1.52. The number of aliphatic imine (C=N–C) groups is 1. The summed E-state index contributed by atoms with van der Waals surface area (Å²) in [5.74, 6) is 6.74. The van der Waals surface area contributed by atoms with Crippen molar-refractivity contribution in [1.82, 2.24) is 5.43 Å². The average Bonchev–Trinajstić information content (AvgIpc) is 2.78. The molecule has 1 aliphatic rings. The van der Waals surface area contributed by atoms with Crippen LogP contribution in [-0.2, 0) is 24.3 Å². The smallest absolute Gasteiger partial charge is 0.203 e. The van der Waals surface area contributed by atoms with Gasteiger partial charge >= 0.3 is 0 Å². The SMILES string of the molecule is Cc1c(C)c2c(c(C)c1O)CCC(C)(CCOCc1ccc(CN=C(N)NN)cc1)O2. The van der Waals surface area contributed by atoms with Gasteiger partial charge in [0, 0.05) is 12.0 Å². The molecule has 0 fully saturated rings. The number of phenols is 1. The third-order valence-corrected chi connectivity index (χ3v) is 6.24. The largest absolute Gasteiger partial charge is 0.507 e. The van der Waals surface area contributed by atoms with E-state index in [1.807, 2.05) is 45.0 Å². The van der Waals surface area contributed by atoms with Crippen LogP contribution in [0.1, 0.15) is 53.1 Å². The molecule has 2 aromatic rings. The summed E-state index contributed by atoms with van der Waals surface area (Å²) >= 11 is 0. The molecule has 0 bridgehead atoms. The summed E-state index contributed by atoms with van der Waals surface area (Å²) in [7, 11) is 0. The number of nitrogens with two attached hydrogens (primary N) is 2. The van der Waals surface area contributed by atoms with E-state index in [9.17, 15) is 5.11 Å². The van der Waals surface area contributed by atoms with Crippen molar-refractivity contribution in [1.29, 1.82) is 0 Å². The van der Waals surface area contributed by atoms with Crippen LogP contribution in [0.25, 0.3) is 0 Å². The molecule has 6 N–H and O–H groups in total. The van der Waals surface area contributed by atoms with Crippen molar-refractivity contribution in [3.63, 3.8) is 0 Å². The normalized spacial score (nSPS) is 18.4. The van der Waals surface area contributed by atoms with Crippen molar-refractivity contribution in [3.05, 3.63) is 57.6 Å². The van der Waals surface area contributed by atoms with E-state index < -0.39 is 0 Å². The number of benzene rings is 2. The van der Waals surface area contributed by atoms with Gasteiger partial charge in [0.1, 0.15) is 17.1 Å². The fourth-order valence-electron chi connectivity index (χ4n) is 3.91. The number of phenolic OH excluding ortho intramolecular Hbond substituents is 1. The number of fused-ring (bicyclic) bond motifs is 1. The van der Waals surface area contributed by atoms with E-state index in [1.165, 1.54) is 0 Å². The summed E-state index contributed by atoms with van der Waals surface area (Å²) in [5, 5.41) is 10.3. The number of ether oxygens (including phenoxy) is 2. The first-order valence-electron chi connectivity index (χ1n) is 10.7. The van der Waals surface area contributed by atoms with Crippen LogP contribution in [0.15, 0.2) is 29.3 Å². The number of guanidine groups is 1. The monoisotopic (exact) mass is 426 g/mol. The molecule has 0 aliphatic carbocycles. The standard InChI is InChI=1S/C24H34N4O3/c1-15-16(2)22-20(17(3)21(15)29)9-10-24(4,31-22)11-12-30-14-19-7-5-18(6-8-19)13-27-23(25)28-26/h5-8,29H,9-14,26H2,1-4H3,(H3,25,27,28). The van der Waals surface area contributed by atoms with Crippen molar-refractivity contribution in [2.24, 2.45) is 16.6 Å². The highest BCUT2D eigenvalue weighted by Gasteiger charge is 2.34. The van der Waals surface area contributed by atoms with Gasteiger partial charge in [0.2, 0.25) is 5.96 Å². The molecule has 7 nitrogen and oxygen atoms in total. The van der Waals surface area contributed by atoms with Gasteiger partial charge in [-0.15, -0.1) is 0 Å². The predicted octanol–water partition coefficient (Wildman–Crippen LogP) is 3.29. The third-order valence-electron chi connectivity index (χ3n) is 6.24. The second kappa shape index (κ2) is 9.58. The Morgan fingerprint density at radius 2 is 1.84 bits per heavy atom. The predicted molar refractivity (Wildman–Crippen MR) is 123 cm³/mol. The first kappa shape index (κ1) is 22.9. The fourth-order valence-corrected chi connectivity index (χ4v) is 3.91. The number of nitrogens with zero attached hydrogens (tertiary/aromatic N) is 1. The second-order valence-electron chi connectivity index (χ2n) is 8.55. The number of aromatic hydroxyl groups is 1.